The van der Waals surface area contributed by atoms with Crippen molar-refractivity contribution in [1.82, 2.24) is 5.32 Å². The second-order valence-corrected chi connectivity index (χ2v) is 9.04. The Morgan fingerprint density at radius 2 is 1.76 bits per heavy atom. The van der Waals surface area contributed by atoms with Gasteiger partial charge >= 0.3 is 0 Å². The maximum absolute atomic E-state index is 12.6. The molecule has 9 heteroatoms. The summed E-state index contributed by atoms with van der Waals surface area (Å²) in [6.07, 6.45) is 0.954. The quantitative estimate of drug-likeness (QED) is 0.548. The van der Waals surface area contributed by atoms with Crippen LogP contribution in [0.15, 0.2) is 36.4 Å². The van der Waals surface area contributed by atoms with Crippen molar-refractivity contribution in [2.75, 3.05) is 17.1 Å². The number of rotatable bonds is 7. The van der Waals surface area contributed by atoms with Crippen molar-refractivity contribution in [3.05, 3.63) is 68.8 Å². The molecule has 0 radical (unpaired) electrons. The van der Waals surface area contributed by atoms with Crippen LogP contribution in [-0.4, -0.2) is 32.0 Å². The predicted molar refractivity (Wildman–Crippen MR) is 112 cm³/mol. The Morgan fingerprint density at radius 3 is 2.34 bits per heavy atom. The number of nitrogens with one attached hydrogen (secondary N) is 1. The highest BCUT2D eigenvalue weighted by Crippen LogP contribution is 2.24. The molecule has 0 saturated carbocycles. The van der Waals surface area contributed by atoms with Crippen LogP contribution in [0.2, 0.25) is 0 Å². The normalized spacial score (nSPS) is 12.3. The summed E-state index contributed by atoms with van der Waals surface area (Å²) in [7, 11) is -3.83. The van der Waals surface area contributed by atoms with E-state index in [4.69, 9.17) is 0 Å². The lowest BCUT2D eigenvalue weighted by molar-refractivity contribution is -0.384. The lowest BCUT2D eigenvalue weighted by Crippen LogP contribution is -2.41. The number of non-ortho nitro benzene ring substituents is 1. The Labute approximate surface area is 170 Å². The molecular weight excluding hydrogens is 394 g/mol. The van der Waals surface area contributed by atoms with Gasteiger partial charge in [-0.3, -0.25) is 19.2 Å². The molecule has 0 heterocycles. The molecule has 0 aromatic heterocycles. The van der Waals surface area contributed by atoms with Crippen LogP contribution in [0.4, 0.5) is 11.4 Å². The van der Waals surface area contributed by atoms with Gasteiger partial charge in [0.2, 0.25) is 15.9 Å². The van der Waals surface area contributed by atoms with Crippen LogP contribution in [0.3, 0.4) is 0 Å². The van der Waals surface area contributed by atoms with Gasteiger partial charge in [-0.25, -0.2) is 8.42 Å². The van der Waals surface area contributed by atoms with Gasteiger partial charge in [0.25, 0.3) is 5.69 Å². The van der Waals surface area contributed by atoms with Crippen LogP contribution >= 0.6 is 0 Å². The van der Waals surface area contributed by atoms with Gasteiger partial charge in [0, 0.05) is 12.1 Å². The molecule has 0 aliphatic rings. The van der Waals surface area contributed by atoms with Gasteiger partial charge < -0.3 is 5.32 Å². The number of carbonyl (C=O) groups is 1. The summed E-state index contributed by atoms with van der Waals surface area (Å²) in [6, 6.07) is 8.90. The fraction of sp³-hybridized carbons (Fsp3) is 0.350. The van der Waals surface area contributed by atoms with Crippen LogP contribution < -0.4 is 9.62 Å². The molecule has 0 aliphatic carbocycles. The SMILES string of the molecule is Cc1cc(C)c([C@@H](C)NC(=O)CN(c2cccc([N+](=O)[O-])c2)S(C)(=O)=O)cc1C. The Morgan fingerprint density at radius 1 is 1.14 bits per heavy atom. The number of benzene rings is 2. The van der Waals surface area contributed by atoms with Crippen LogP contribution in [-0.2, 0) is 14.8 Å². The minimum Gasteiger partial charge on any atom is -0.348 e. The number of carbonyl (C=O) groups excluding carboxylic acids is 1. The molecule has 0 bridgehead atoms. The van der Waals surface area contributed by atoms with Gasteiger partial charge in [0.1, 0.15) is 6.54 Å². The Bertz CT molecular complexity index is 1050. The number of hydrogen-bond acceptors (Lipinski definition) is 5. The van der Waals surface area contributed by atoms with E-state index < -0.39 is 27.4 Å². The van der Waals surface area contributed by atoms with Crippen LogP contribution in [0.1, 0.15) is 35.2 Å². The molecule has 1 amide bonds. The van der Waals surface area contributed by atoms with Crippen molar-refractivity contribution in [1.29, 1.82) is 0 Å². The fourth-order valence-corrected chi connectivity index (χ4v) is 3.95. The number of anilines is 1. The van der Waals surface area contributed by atoms with E-state index in [0.29, 0.717) is 0 Å². The average Bonchev–Trinajstić information content (AvgIpc) is 2.61. The van der Waals surface area contributed by atoms with Gasteiger partial charge in [-0.2, -0.15) is 0 Å². The van der Waals surface area contributed by atoms with Crippen molar-refractivity contribution in [3.8, 4) is 0 Å². The topological polar surface area (TPSA) is 110 Å². The molecular formula is C20H25N3O5S. The second-order valence-electron chi connectivity index (χ2n) is 7.13. The number of sulfonamides is 1. The first-order valence-electron chi connectivity index (χ1n) is 8.99. The Hall–Kier alpha value is -2.94. The molecule has 0 unspecified atom stereocenters. The summed E-state index contributed by atoms with van der Waals surface area (Å²) in [6.45, 7) is 7.30. The maximum Gasteiger partial charge on any atom is 0.271 e. The molecule has 156 valence electrons. The first-order chi connectivity index (χ1) is 13.4. The molecule has 0 saturated heterocycles. The van der Waals surface area contributed by atoms with E-state index in [1.54, 1.807) is 0 Å². The number of nitro benzene ring substituents is 1. The van der Waals surface area contributed by atoms with Crippen molar-refractivity contribution < 1.29 is 18.1 Å². The minimum atomic E-state index is -3.83. The lowest BCUT2D eigenvalue weighted by atomic mass is 9.96. The summed E-state index contributed by atoms with van der Waals surface area (Å²) >= 11 is 0. The van der Waals surface area contributed by atoms with Crippen LogP contribution in [0.5, 0.6) is 0 Å². The van der Waals surface area contributed by atoms with Crippen LogP contribution in [0, 0.1) is 30.9 Å². The molecule has 2 rings (SSSR count). The highest BCUT2D eigenvalue weighted by Gasteiger charge is 2.23. The predicted octanol–water partition coefficient (Wildman–Crippen LogP) is 3.16. The third-order valence-corrected chi connectivity index (χ3v) is 5.88. The van der Waals surface area contributed by atoms with E-state index in [1.165, 1.54) is 18.2 Å². The number of nitrogens with zero attached hydrogens (tertiary/aromatic N) is 2. The van der Waals surface area contributed by atoms with E-state index in [1.807, 2.05) is 39.8 Å². The third-order valence-electron chi connectivity index (χ3n) is 4.74. The number of nitro groups is 1. The standard InChI is InChI=1S/C20H25N3O5S/c1-13-9-15(3)19(10-14(13)2)16(4)21-20(24)12-22(29(5,27)28)17-7-6-8-18(11-17)23(25)26/h6-11,16H,12H2,1-5H3,(H,21,24)/t16-/m1/s1. The van der Waals surface area contributed by atoms with Crippen molar-refractivity contribution >= 4 is 27.3 Å². The summed E-state index contributed by atoms with van der Waals surface area (Å²) < 4.78 is 25.3. The summed E-state index contributed by atoms with van der Waals surface area (Å²) in [4.78, 5) is 23.0. The molecule has 0 aliphatic heterocycles. The average molecular weight is 420 g/mol. The van der Waals surface area contributed by atoms with Gasteiger partial charge in [-0.15, -0.1) is 0 Å². The largest absolute Gasteiger partial charge is 0.348 e. The second kappa shape index (κ2) is 8.60. The Balaban J connectivity index is 2.24. The zero-order chi connectivity index (χ0) is 21.9. The third kappa shape index (κ3) is 5.54. The van der Waals surface area contributed by atoms with E-state index in [2.05, 4.69) is 5.32 Å². The first-order valence-corrected chi connectivity index (χ1v) is 10.8. The number of aryl methyl sites for hydroxylation is 3. The highest BCUT2D eigenvalue weighted by molar-refractivity contribution is 7.92. The lowest BCUT2D eigenvalue weighted by Gasteiger charge is -2.24. The zero-order valence-electron chi connectivity index (χ0n) is 17.1. The Kier molecular flexibility index (Phi) is 6.63. The summed E-state index contributed by atoms with van der Waals surface area (Å²) in [5.74, 6) is -0.507. The van der Waals surface area contributed by atoms with Gasteiger partial charge in [0.15, 0.2) is 0 Å². The van der Waals surface area contributed by atoms with Gasteiger partial charge in [-0.1, -0.05) is 18.2 Å². The first kappa shape index (κ1) is 22.4. The molecule has 1 N–H and O–H groups in total. The molecule has 1 atom stereocenters. The van der Waals surface area contributed by atoms with Crippen molar-refractivity contribution in [2.45, 2.75) is 33.7 Å². The molecule has 8 nitrogen and oxygen atoms in total. The molecule has 0 fully saturated rings. The summed E-state index contributed by atoms with van der Waals surface area (Å²) in [5.41, 5.74) is 4.03. The fourth-order valence-electron chi connectivity index (χ4n) is 3.11. The molecule has 2 aromatic carbocycles. The van der Waals surface area contributed by atoms with E-state index in [-0.39, 0.29) is 17.4 Å². The minimum absolute atomic E-state index is 0.0619. The van der Waals surface area contributed by atoms with Crippen molar-refractivity contribution in [3.63, 3.8) is 0 Å². The number of amides is 1. The van der Waals surface area contributed by atoms with E-state index >= 15 is 0 Å². The van der Waals surface area contributed by atoms with E-state index in [9.17, 15) is 23.3 Å². The van der Waals surface area contributed by atoms with E-state index in [0.717, 1.165) is 38.9 Å². The van der Waals surface area contributed by atoms with Gasteiger partial charge in [-0.05, 0) is 56.0 Å². The molecule has 0 spiro atoms. The summed E-state index contributed by atoms with van der Waals surface area (Å²) in [5, 5.41) is 13.8. The molecule has 29 heavy (non-hydrogen) atoms. The van der Waals surface area contributed by atoms with Crippen molar-refractivity contribution in [2.24, 2.45) is 0 Å². The zero-order valence-corrected chi connectivity index (χ0v) is 17.9. The number of hydrogen-bond donors (Lipinski definition) is 1. The van der Waals surface area contributed by atoms with Gasteiger partial charge in [0.05, 0.1) is 22.9 Å². The van der Waals surface area contributed by atoms with Crippen LogP contribution in [0.25, 0.3) is 0 Å². The maximum atomic E-state index is 12.6. The smallest absolute Gasteiger partial charge is 0.271 e. The molecule has 2 aromatic rings. The highest BCUT2D eigenvalue weighted by atomic mass is 32.2. The monoisotopic (exact) mass is 419 g/mol.